The number of rotatable bonds is 5. The average Bonchev–Trinajstić information content (AvgIpc) is 2.41. The van der Waals surface area contributed by atoms with Crippen LogP contribution in [0.5, 0.6) is 0 Å². The summed E-state index contributed by atoms with van der Waals surface area (Å²) in [6.45, 7) is 4.20. The van der Waals surface area contributed by atoms with E-state index >= 15 is 0 Å². The lowest BCUT2D eigenvalue weighted by atomic mass is 9.78. The minimum Gasteiger partial charge on any atom is -0.393 e. The van der Waals surface area contributed by atoms with E-state index in [1.54, 1.807) is 0 Å². The number of hydrogen-bond donors (Lipinski definition) is 1. The number of hydrogen-bond acceptors (Lipinski definition) is 2. The van der Waals surface area contributed by atoms with Crippen molar-refractivity contribution in [2.45, 2.75) is 45.3 Å². The molecule has 0 amide bonds. The summed E-state index contributed by atoms with van der Waals surface area (Å²) in [5, 5.41) is 10.2. The summed E-state index contributed by atoms with van der Waals surface area (Å²) in [4.78, 5) is 2.34. The van der Waals surface area contributed by atoms with Crippen molar-refractivity contribution in [3.8, 4) is 0 Å². The van der Waals surface area contributed by atoms with Crippen LogP contribution in [0, 0.1) is 11.8 Å². The summed E-state index contributed by atoms with van der Waals surface area (Å²) in [5.41, 5.74) is 1.32. The van der Waals surface area contributed by atoms with Crippen LogP contribution in [-0.2, 0) is 6.54 Å². The first-order chi connectivity index (χ1) is 9.58. The maximum Gasteiger partial charge on any atom is 0.0580 e. The van der Waals surface area contributed by atoms with E-state index < -0.39 is 0 Å². The fraction of sp³-hybridized carbons (Fsp3) is 0.647. The summed E-state index contributed by atoms with van der Waals surface area (Å²) in [7, 11) is 2.16. The molecule has 1 aliphatic carbocycles. The molecule has 0 spiro atoms. The van der Waals surface area contributed by atoms with Crippen LogP contribution in [0.25, 0.3) is 0 Å². The molecule has 0 heterocycles. The highest BCUT2D eigenvalue weighted by atomic mass is 79.9. The van der Waals surface area contributed by atoms with E-state index in [1.165, 1.54) is 24.8 Å². The molecule has 1 aromatic rings. The summed E-state index contributed by atoms with van der Waals surface area (Å²) in [5.74, 6) is 1.24. The Morgan fingerprint density at radius 2 is 2.15 bits per heavy atom. The monoisotopic (exact) mass is 339 g/mol. The van der Waals surface area contributed by atoms with Gasteiger partial charge in [0, 0.05) is 17.6 Å². The zero-order chi connectivity index (χ0) is 14.5. The molecule has 1 saturated carbocycles. The van der Waals surface area contributed by atoms with Gasteiger partial charge in [-0.15, -0.1) is 0 Å². The number of nitrogens with zero attached hydrogens (tertiary/aromatic N) is 1. The molecule has 0 radical (unpaired) electrons. The van der Waals surface area contributed by atoms with Gasteiger partial charge in [0.1, 0.15) is 0 Å². The molecule has 0 saturated heterocycles. The van der Waals surface area contributed by atoms with E-state index in [4.69, 9.17) is 0 Å². The molecule has 0 bridgehead atoms. The minimum atomic E-state index is -0.109. The fourth-order valence-electron chi connectivity index (χ4n) is 3.32. The van der Waals surface area contributed by atoms with Gasteiger partial charge in [-0.25, -0.2) is 0 Å². The van der Waals surface area contributed by atoms with E-state index in [0.717, 1.165) is 29.9 Å². The van der Waals surface area contributed by atoms with Gasteiger partial charge in [0.25, 0.3) is 0 Å². The Kier molecular flexibility index (Phi) is 6.06. The van der Waals surface area contributed by atoms with E-state index in [9.17, 15) is 5.11 Å². The van der Waals surface area contributed by atoms with Gasteiger partial charge < -0.3 is 10.0 Å². The molecule has 20 heavy (non-hydrogen) atoms. The van der Waals surface area contributed by atoms with Crippen molar-refractivity contribution in [2.75, 3.05) is 13.6 Å². The standard InChI is InChI=1S/C17H26BrNO/c1-3-13-7-8-17(20)15(9-13)12-19(2)11-14-5-4-6-16(18)10-14/h4-6,10,13,15,17,20H,3,7-9,11-12H2,1-2H3. The van der Waals surface area contributed by atoms with Gasteiger partial charge in [-0.1, -0.05) is 41.4 Å². The Bertz CT molecular complexity index is 423. The van der Waals surface area contributed by atoms with Gasteiger partial charge in [-0.2, -0.15) is 0 Å². The smallest absolute Gasteiger partial charge is 0.0580 e. The molecule has 1 aromatic carbocycles. The van der Waals surface area contributed by atoms with Crippen molar-refractivity contribution >= 4 is 15.9 Å². The summed E-state index contributed by atoms with van der Waals surface area (Å²) < 4.78 is 1.13. The van der Waals surface area contributed by atoms with Gasteiger partial charge in [0.2, 0.25) is 0 Å². The average molecular weight is 340 g/mol. The molecule has 0 aliphatic heterocycles. The van der Waals surface area contributed by atoms with E-state index in [2.05, 4.69) is 59.1 Å². The third kappa shape index (κ3) is 4.57. The molecule has 3 heteroatoms. The number of aliphatic hydroxyl groups excluding tert-OH is 1. The van der Waals surface area contributed by atoms with Crippen LogP contribution in [0.4, 0.5) is 0 Å². The largest absolute Gasteiger partial charge is 0.393 e. The van der Waals surface area contributed by atoms with Crippen LogP contribution < -0.4 is 0 Å². The third-order valence-electron chi connectivity index (χ3n) is 4.52. The predicted octanol–water partition coefficient (Wildman–Crippen LogP) is 4.07. The fourth-order valence-corrected chi connectivity index (χ4v) is 3.77. The first-order valence-electron chi connectivity index (χ1n) is 7.69. The molecule has 3 unspecified atom stereocenters. The molecule has 2 nitrogen and oxygen atoms in total. The first kappa shape index (κ1) is 16.0. The lowest BCUT2D eigenvalue weighted by Gasteiger charge is -2.35. The van der Waals surface area contributed by atoms with Crippen molar-refractivity contribution in [1.29, 1.82) is 0 Å². The Hall–Kier alpha value is -0.380. The lowest BCUT2D eigenvalue weighted by Crippen LogP contribution is -2.37. The second-order valence-corrected chi connectivity index (χ2v) is 7.16. The molecule has 1 fully saturated rings. The summed E-state index contributed by atoms with van der Waals surface area (Å²) >= 11 is 3.52. The second kappa shape index (κ2) is 7.58. The van der Waals surface area contributed by atoms with Crippen molar-refractivity contribution in [3.63, 3.8) is 0 Å². The summed E-state index contributed by atoms with van der Waals surface area (Å²) in [6, 6.07) is 8.46. The van der Waals surface area contributed by atoms with E-state index in [0.29, 0.717) is 5.92 Å². The normalized spacial score (nSPS) is 26.9. The van der Waals surface area contributed by atoms with Gasteiger partial charge in [0.15, 0.2) is 0 Å². The maximum atomic E-state index is 10.2. The van der Waals surface area contributed by atoms with Crippen LogP contribution in [0.1, 0.15) is 38.2 Å². The molecule has 1 N–H and O–H groups in total. The molecular formula is C17H26BrNO. The first-order valence-corrected chi connectivity index (χ1v) is 8.48. The highest BCUT2D eigenvalue weighted by Crippen LogP contribution is 2.31. The zero-order valence-corrected chi connectivity index (χ0v) is 14.1. The molecule has 3 atom stereocenters. The quantitative estimate of drug-likeness (QED) is 0.873. The molecule has 0 aromatic heterocycles. The van der Waals surface area contributed by atoms with Crippen molar-refractivity contribution < 1.29 is 5.11 Å². The highest BCUT2D eigenvalue weighted by Gasteiger charge is 2.28. The van der Waals surface area contributed by atoms with Crippen LogP contribution in [0.2, 0.25) is 0 Å². The van der Waals surface area contributed by atoms with Gasteiger partial charge in [0.05, 0.1) is 6.10 Å². The van der Waals surface area contributed by atoms with E-state index in [1.807, 2.05) is 0 Å². The van der Waals surface area contributed by atoms with Crippen LogP contribution in [0.3, 0.4) is 0 Å². The molecular weight excluding hydrogens is 314 g/mol. The second-order valence-electron chi connectivity index (χ2n) is 6.24. The van der Waals surface area contributed by atoms with E-state index in [-0.39, 0.29) is 6.10 Å². The maximum absolute atomic E-state index is 10.2. The van der Waals surface area contributed by atoms with Crippen LogP contribution in [-0.4, -0.2) is 29.7 Å². The van der Waals surface area contributed by atoms with Gasteiger partial charge in [-0.05, 0) is 55.8 Å². The molecule has 112 valence electrons. The topological polar surface area (TPSA) is 23.5 Å². The minimum absolute atomic E-state index is 0.109. The predicted molar refractivity (Wildman–Crippen MR) is 87.6 cm³/mol. The third-order valence-corrected chi connectivity index (χ3v) is 5.01. The molecule has 2 rings (SSSR count). The molecule has 1 aliphatic rings. The SMILES string of the molecule is CCC1CCC(O)C(CN(C)Cc2cccc(Br)c2)C1. The summed E-state index contributed by atoms with van der Waals surface area (Å²) in [6.07, 6.45) is 4.50. The number of halogens is 1. The van der Waals surface area contributed by atoms with Crippen LogP contribution >= 0.6 is 15.9 Å². The Balaban J connectivity index is 1.88. The Morgan fingerprint density at radius 1 is 1.35 bits per heavy atom. The van der Waals surface area contributed by atoms with Crippen LogP contribution in [0.15, 0.2) is 28.7 Å². The van der Waals surface area contributed by atoms with Crippen molar-refractivity contribution in [3.05, 3.63) is 34.3 Å². The van der Waals surface area contributed by atoms with Gasteiger partial charge >= 0.3 is 0 Å². The zero-order valence-electron chi connectivity index (χ0n) is 12.6. The highest BCUT2D eigenvalue weighted by molar-refractivity contribution is 9.10. The van der Waals surface area contributed by atoms with Crippen molar-refractivity contribution in [1.82, 2.24) is 4.90 Å². The van der Waals surface area contributed by atoms with Gasteiger partial charge in [-0.3, -0.25) is 0 Å². The number of aliphatic hydroxyl groups is 1. The lowest BCUT2D eigenvalue weighted by molar-refractivity contribution is 0.0298. The Labute approximate surface area is 131 Å². The number of benzene rings is 1. The Morgan fingerprint density at radius 3 is 2.85 bits per heavy atom. The van der Waals surface area contributed by atoms with Crippen molar-refractivity contribution in [2.24, 2.45) is 11.8 Å².